The molecule has 0 aromatic carbocycles. The smallest absolute Gasteiger partial charge is 0.121 e. The van der Waals surface area contributed by atoms with E-state index in [9.17, 15) is 0 Å². The Hall–Kier alpha value is -0.280. The van der Waals surface area contributed by atoms with Crippen LogP contribution in [0.3, 0.4) is 0 Å². The van der Waals surface area contributed by atoms with Gasteiger partial charge in [-0.15, -0.1) is 0 Å². The molecule has 14 heavy (non-hydrogen) atoms. The van der Waals surface area contributed by atoms with Gasteiger partial charge in [0.25, 0.3) is 0 Å². The van der Waals surface area contributed by atoms with E-state index in [0.717, 1.165) is 16.8 Å². The van der Waals surface area contributed by atoms with Gasteiger partial charge >= 0.3 is 0 Å². The molecular formula is C11H16BrNO. The zero-order valence-electron chi connectivity index (χ0n) is 8.42. The van der Waals surface area contributed by atoms with Crippen LogP contribution >= 0.6 is 15.9 Å². The lowest BCUT2D eigenvalue weighted by molar-refractivity contribution is 0.452. The number of rotatable bonds is 3. The van der Waals surface area contributed by atoms with Crippen molar-refractivity contribution < 1.29 is 4.42 Å². The van der Waals surface area contributed by atoms with Gasteiger partial charge in [0.15, 0.2) is 0 Å². The first-order valence-corrected chi connectivity index (χ1v) is 6.06. The molecule has 1 aliphatic carbocycles. The molecule has 1 heterocycles. The van der Waals surface area contributed by atoms with Crippen molar-refractivity contribution in [1.29, 1.82) is 0 Å². The van der Waals surface area contributed by atoms with Crippen molar-refractivity contribution in [2.45, 2.75) is 38.1 Å². The first kappa shape index (κ1) is 10.2. The van der Waals surface area contributed by atoms with Gasteiger partial charge in [-0.25, -0.2) is 0 Å². The molecule has 3 heteroatoms. The molecule has 78 valence electrons. The van der Waals surface area contributed by atoms with Crippen LogP contribution in [-0.4, -0.2) is 12.6 Å². The number of hydrogen-bond acceptors (Lipinski definition) is 2. The highest BCUT2D eigenvalue weighted by Gasteiger charge is 2.28. The van der Waals surface area contributed by atoms with E-state index in [2.05, 4.69) is 28.2 Å². The summed E-state index contributed by atoms with van der Waals surface area (Å²) in [5.41, 5.74) is 0. The summed E-state index contributed by atoms with van der Waals surface area (Å²) in [6.45, 7) is 3.23. The fourth-order valence-corrected chi connectivity index (χ4v) is 2.82. The van der Waals surface area contributed by atoms with Crippen LogP contribution in [0, 0.1) is 0 Å². The van der Waals surface area contributed by atoms with E-state index in [1.807, 2.05) is 6.07 Å². The summed E-state index contributed by atoms with van der Waals surface area (Å²) < 4.78 is 6.62. The normalized spacial score (nSPS) is 27.0. The van der Waals surface area contributed by atoms with E-state index in [1.165, 1.54) is 19.3 Å². The van der Waals surface area contributed by atoms with Crippen LogP contribution in [0.15, 0.2) is 21.2 Å². The molecule has 1 fully saturated rings. The van der Waals surface area contributed by atoms with Crippen LogP contribution < -0.4 is 5.32 Å². The van der Waals surface area contributed by atoms with Crippen molar-refractivity contribution in [3.05, 3.63) is 22.6 Å². The standard InChI is InChI=1S/C11H16BrNO/c1-2-13-9-4-3-8(7-9)11-10(12)5-6-14-11/h5-6,8-9,13H,2-4,7H2,1H3. The van der Waals surface area contributed by atoms with Gasteiger partial charge in [0.2, 0.25) is 0 Å². The van der Waals surface area contributed by atoms with Crippen molar-refractivity contribution in [3.63, 3.8) is 0 Å². The maximum Gasteiger partial charge on any atom is 0.121 e. The SMILES string of the molecule is CCNC1CCC(c2occc2Br)C1. The number of nitrogens with one attached hydrogen (secondary N) is 1. The first-order chi connectivity index (χ1) is 6.81. The largest absolute Gasteiger partial charge is 0.468 e. The summed E-state index contributed by atoms with van der Waals surface area (Å²) >= 11 is 3.52. The Morgan fingerprint density at radius 2 is 2.43 bits per heavy atom. The van der Waals surface area contributed by atoms with E-state index in [-0.39, 0.29) is 0 Å². The van der Waals surface area contributed by atoms with Crippen LogP contribution in [-0.2, 0) is 0 Å². The van der Waals surface area contributed by atoms with Crippen LogP contribution in [0.25, 0.3) is 0 Å². The summed E-state index contributed by atoms with van der Waals surface area (Å²) in [6, 6.07) is 2.66. The summed E-state index contributed by atoms with van der Waals surface area (Å²) in [5.74, 6) is 1.73. The van der Waals surface area contributed by atoms with E-state index in [1.54, 1.807) is 6.26 Å². The van der Waals surface area contributed by atoms with Crippen LogP contribution in [0.2, 0.25) is 0 Å². The van der Waals surface area contributed by atoms with E-state index in [4.69, 9.17) is 4.42 Å². The third kappa shape index (κ3) is 2.04. The third-order valence-electron chi connectivity index (χ3n) is 2.94. The van der Waals surface area contributed by atoms with Gasteiger partial charge in [-0.1, -0.05) is 6.92 Å². The topological polar surface area (TPSA) is 25.2 Å². The molecule has 0 aliphatic heterocycles. The minimum Gasteiger partial charge on any atom is -0.468 e. The maximum atomic E-state index is 5.50. The lowest BCUT2D eigenvalue weighted by atomic mass is 10.1. The first-order valence-electron chi connectivity index (χ1n) is 5.27. The van der Waals surface area contributed by atoms with E-state index < -0.39 is 0 Å². The summed E-state index contributed by atoms with van der Waals surface area (Å²) in [7, 11) is 0. The minimum absolute atomic E-state index is 0.600. The summed E-state index contributed by atoms with van der Waals surface area (Å²) in [6.07, 6.45) is 5.48. The maximum absolute atomic E-state index is 5.50. The Balaban J connectivity index is 1.99. The predicted molar refractivity (Wildman–Crippen MR) is 60.5 cm³/mol. The number of hydrogen-bond donors (Lipinski definition) is 1. The fraction of sp³-hybridized carbons (Fsp3) is 0.636. The van der Waals surface area contributed by atoms with Gasteiger partial charge in [-0.2, -0.15) is 0 Å². The van der Waals surface area contributed by atoms with Gasteiger partial charge in [-0.05, 0) is 47.8 Å². The second-order valence-electron chi connectivity index (χ2n) is 3.90. The monoisotopic (exact) mass is 257 g/mol. The molecule has 1 saturated carbocycles. The molecule has 0 spiro atoms. The molecule has 1 aromatic heterocycles. The van der Waals surface area contributed by atoms with Crippen molar-refractivity contribution in [2.24, 2.45) is 0 Å². The molecule has 0 saturated heterocycles. The number of halogens is 1. The fourth-order valence-electron chi connectivity index (χ4n) is 2.29. The molecule has 2 nitrogen and oxygen atoms in total. The molecule has 1 aliphatic rings. The minimum atomic E-state index is 0.600. The van der Waals surface area contributed by atoms with Crippen molar-refractivity contribution in [1.82, 2.24) is 5.32 Å². The molecule has 2 rings (SSSR count). The quantitative estimate of drug-likeness (QED) is 0.899. The Morgan fingerprint density at radius 1 is 1.57 bits per heavy atom. The summed E-state index contributed by atoms with van der Waals surface area (Å²) in [4.78, 5) is 0. The molecular weight excluding hydrogens is 242 g/mol. The van der Waals surface area contributed by atoms with E-state index >= 15 is 0 Å². The van der Waals surface area contributed by atoms with Crippen molar-refractivity contribution in [3.8, 4) is 0 Å². The zero-order chi connectivity index (χ0) is 9.97. The predicted octanol–water partition coefficient (Wildman–Crippen LogP) is 3.29. The Morgan fingerprint density at radius 3 is 3.07 bits per heavy atom. The van der Waals surface area contributed by atoms with Crippen LogP contribution in [0.5, 0.6) is 0 Å². The second-order valence-corrected chi connectivity index (χ2v) is 4.75. The average molecular weight is 258 g/mol. The van der Waals surface area contributed by atoms with Crippen LogP contribution in [0.4, 0.5) is 0 Å². The van der Waals surface area contributed by atoms with Crippen molar-refractivity contribution >= 4 is 15.9 Å². The third-order valence-corrected chi connectivity index (χ3v) is 3.60. The second kappa shape index (κ2) is 4.49. The van der Waals surface area contributed by atoms with Gasteiger partial charge < -0.3 is 9.73 Å². The molecule has 0 amide bonds. The molecule has 1 N–H and O–H groups in total. The highest BCUT2D eigenvalue weighted by atomic mass is 79.9. The lowest BCUT2D eigenvalue weighted by Crippen LogP contribution is -2.25. The Bertz CT molecular complexity index is 297. The lowest BCUT2D eigenvalue weighted by Gasteiger charge is -2.10. The average Bonchev–Trinajstić information content (AvgIpc) is 2.74. The Labute approximate surface area is 93.2 Å². The van der Waals surface area contributed by atoms with Gasteiger partial charge in [0.1, 0.15) is 5.76 Å². The zero-order valence-corrected chi connectivity index (χ0v) is 10.0. The van der Waals surface area contributed by atoms with E-state index in [0.29, 0.717) is 12.0 Å². The summed E-state index contributed by atoms with van der Waals surface area (Å²) in [5, 5.41) is 3.50. The molecule has 2 unspecified atom stereocenters. The molecule has 2 atom stereocenters. The number of furan rings is 1. The van der Waals surface area contributed by atoms with Gasteiger partial charge in [0.05, 0.1) is 10.7 Å². The van der Waals surface area contributed by atoms with Crippen molar-refractivity contribution in [2.75, 3.05) is 6.54 Å². The van der Waals surface area contributed by atoms with Gasteiger partial charge in [0, 0.05) is 12.0 Å². The van der Waals surface area contributed by atoms with Crippen LogP contribution in [0.1, 0.15) is 37.9 Å². The molecule has 0 bridgehead atoms. The highest BCUT2D eigenvalue weighted by Crippen LogP contribution is 2.38. The molecule has 1 aromatic rings. The van der Waals surface area contributed by atoms with Gasteiger partial charge in [-0.3, -0.25) is 0 Å². The molecule has 0 radical (unpaired) electrons. The Kier molecular flexibility index (Phi) is 3.29. The highest BCUT2D eigenvalue weighted by molar-refractivity contribution is 9.10.